The summed E-state index contributed by atoms with van der Waals surface area (Å²) in [6.45, 7) is 1.70. The highest BCUT2D eigenvalue weighted by molar-refractivity contribution is 5.79. The van der Waals surface area contributed by atoms with Crippen LogP contribution >= 0.6 is 0 Å². The van der Waals surface area contributed by atoms with Gasteiger partial charge < -0.3 is 10.6 Å². The van der Waals surface area contributed by atoms with Gasteiger partial charge in [0.1, 0.15) is 0 Å². The number of carbonyl (C=O) groups excluding carboxylic acids is 1. The fraction of sp³-hybridized carbons (Fsp3) is 0.588. The normalized spacial score (nSPS) is 19.0. The van der Waals surface area contributed by atoms with Gasteiger partial charge in [0.15, 0.2) is 0 Å². The molecule has 0 spiro atoms. The molecule has 1 aliphatic carbocycles. The molecular formula is C17H24N2O. The molecule has 2 aliphatic rings. The van der Waals surface area contributed by atoms with Crippen molar-refractivity contribution in [3.8, 4) is 0 Å². The van der Waals surface area contributed by atoms with E-state index in [-0.39, 0.29) is 11.8 Å². The predicted molar refractivity (Wildman–Crippen MR) is 81.7 cm³/mol. The molecule has 108 valence electrons. The molecule has 1 aromatic carbocycles. The van der Waals surface area contributed by atoms with Crippen molar-refractivity contribution < 1.29 is 4.79 Å². The average molecular weight is 272 g/mol. The minimum atomic E-state index is 0.247. The Morgan fingerprint density at radius 3 is 2.90 bits per heavy atom. The van der Waals surface area contributed by atoms with Crippen molar-refractivity contribution in [1.29, 1.82) is 0 Å². The number of aryl methyl sites for hydroxylation is 1. The van der Waals surface area contributed by atoms with Crippen LogP contribution in [-0.2, 0) is 17.8 Å². The summed E-state index contributed by atoms with van der Waals surface area (Å²) in [5.41, 5.74) is 3.87. The van der Waals surface area contributed by atoms with Crippen LogP contribution in [0.25, 0.3) is 0 Å². The van der Waals surface area contributed by atoms with E-state index >= 15 is 0 Å². The van der Waals surface area contributed by atoms with Gasteiger partial charge in [-0.15, -0.1) is 0 Å². The highest BCUT2D eigenvalue weighted by atomic mass is 16.1. The van der Waals surface area contributed by atoms with Gasteiger partial charge in [-0.05, 0) is 36.8 Å². The highest BCUT2D eigenvalue weighted by Gasteiger charge is 2.21. The Kier molecular flexibility index (Phi) is 4.24. The van der Waals surface area contributed by atoms with Crippen molar-refractivity contribution in [1.82, 2.24) is 5.32 Å². The number of amides is 1. The first-order valence-corrected chi connectivity index (χ1v) is 7.97. The van der Waals surface area contributed by atoms with E-state index in [0.717, 1.165) is 25.8 Å². The molecule has 3 nitrogen and oxygen atoms in total. The summed E-state index contributed by atoms with van der Waals surface area (Å²) in [7, 11) is 0. The number of nitrogens with one attached hydrogen (secondary N) is 2. The third-order valence-corrected chi connectivity index (χ3v) is 4.59. The average Bonchev–Trinajstić information content (AvgIpc) is 2.53. The molecular weight excluding hydrogens is 248 g/mol. The molecule has 1 fully saturated rings. The molecule has 1 aliphatic heterocycles. The lowest BCUT2D eigenvalue weighted by atomic mass is 9.88. The second kappa shape index (κ2) is 6.29. The van der Waals surface area contributed by atoms with E-state index in [4.69, 9.17) is 0 Å². The van der Waals surface area contributed by atoms with Gasteiger partial charge in [0.25, 0.3) is 0 Å². The summed E-state index contributed by atoms with van der Waals surface area (Å²) >= 11 is 0. The van der Waals surface area contributed by atoms with Crippen molar-refractivity contribution in [2.24, 2.45) is 5.92 Å². The molecule has 1 amide bonds. The molecule has 0 radical (unpaired) electrons. The van der Waals surface area contributed by atoms with Gasteiger partial charge in [-0.25, -0.2) is 0 Å². The van der Waals surface area contributed by atoms with Crippen molar-refractivity contribution >= 4 is 11.6 Å². The lowest BCUT2D eigenvalue weighted by Crippen LogP contribution is -2.32. The Bertz CT molecular complexity index is 478. The standard InChI is InChI=1S/C17H24N2O/c20-17(14-6-2-1-3-7-14)19-12-15-9-4-8-13-10-5-11-18-16(13)15/h4,8-9,14,18H,1-3,5-7,10-12H2,(H,19,20). The first kappa shape index (κ1) is 13.5. The number of anilines is 1. The zero-order valence-electron chi connectivity index (χ0n) is 12.1. The summed E-state index contributed by atoms with van der Waals surface area (Å²) in [5.74, 6) is 0.495. The third-order valence-electron chi connectivity index (χ3n) is 4.59. The second-order valence-corrected chi connectivity index (χ2v) is 6.03. The number of hydrogen-bond acceptors (Lipinski definition) is 2. The van der Waals surface area contributed by atoms with E-state index in [1.54, 1.807) is 0 Å². The van der Waals surface area contributed by atoms with E-state index < -0.39 is 0 Å². The largest absolute Gasteiger partial charge is 0.385 e. The van der Waals surface area contributed by atoms with Crippen LogP contribution in [0.1, 0.15) is 49.7 Å². The van der Waals surface area contributed by atoms with Gasteiger partial charge in [-0.2, -0.15) is 0 Å². The minimum absolute atomic E-state index is 0.247. The van der Waals surface area contributed by atoms with E-state index in [1.807, 2.05) is 0 Å². The monoisotopic (exact) mass is 272 g/mol. The number of rotatable bonds is 3. The first-order valence-electron chi connectivity index (χ1n) is 7.97. The quantitative estimate of drug-likeness (QED) is 0.887. The van der Waals surface area contributed by atoms with Gasteiger partial charge in [-0.3, -0.25) is 4.79 Å². The van der Waals surface area contributed by atoms with Crippen molar-refractivity contribution in [2.45, 2.75) is 51.5 Å². The van der Waals surface area contributed by atoms with E-state index in [9.17, 15) is 4.79 Å². The first-order chi connectivity index (χ1) is 9.84. The molecule has 0 bridgehead atoms. The van der Waals surface area contributed by atoms with Crippen LogP contribution in [-0.4, -0.2) is 12.5 Å². The predicted octanol–water partition coefficient (Wildman–Crippen LogP) is 3.24. The van der Waals surface area contributed by atoms with Crippen LogP contribution in [0, 0.1) is 5.92 Å². The molecule has 20 heavy (non-hydrogen) atoms. The Morgan fingerprint density at radius 1 is 1.20 bits per heavy atom. The van der Waals surface area contributed by atoms with Gasteiger partial charge in [0.2, 0.25) is 5.91 Å². The van der Waals surface area contributed by atoms with Crippen LogP contribution in [0.2, 0.25) is 0 Å². The Morgan fingerprint density at radius 2 is 2.05 bits per heavy atom. The third kappa shape index (κ3) is 2.97. The van der Waals surface area contributed by atoms with Gasteiger partial charge in [0, 0.05) is 24.7 Å². The van der Waals surface area contributed by atoms with Gasteiger partial charge >= 0.3 is 0 Å². The lowest BCUT2D eigenvalue weighted by molar-refractivity contribution is -0.126. The molecule has 1 aromatic rings. The molecule has 0 unspecified atom stereocenters. The van der Waals surface area contributed by atoms with Gasteiger partial charge in [-0.1, -0.05) is 37.5 Å². The molecule has 3 heteroatoms. The highest BCUT2D eigenvalue weighted by Crippen LogP contribution is 2.27. The second-order valence-electron chi connectivity index (χ2n) is 6.03. The zero-order valence-corrected chi connectivity index (χ0v) is 12.1. The maximum Gasteiger partial charge on any atom is 0.223 e. The van der Waals surface area contributed by atoms with Crippen molar-refractivity contribution in [2.75, 3.05) is 11.9 Å². The summed E-state index contributed by atoms with van der Waals surface area (Å²) < 4.78 is 0. The number of hydrogen-bond donors (Lipinski definition) is 2. The van der Waals surface area contributed by atoms with Crippen LogP contribution in [0.3, 0.4) is 0 Å². The maximum atomic E-state index is 12.2. The fourth-order valence-electron chi connectivity index (χ4n) is 3.42. The zero-order chi connectivity index (χ0) is 13.8. The topological polar surface area (TPSA) is 41.1 Å². The summed E-state index contributed by atoms with van der Waals surface area (Å²) in [4.78, 5) is 12.2. The Labute approximate surface area is 121 Å². The molecule has 0 atom stereocenters. The summed E-state index contributed by atoms with van der Waals surface area (Å²) in [6.07, 6.45) is 8.19. The molecule has 2 N–H and O–H groups in total. The van der Waals surface area contributed by atoms with E-state index in [0.29, 0.717) is 6.54 Å². The maximum absolute atomic E-state index is 12.2. The van der Waals surface area contributed by atoms with E-state index in [2.05, 4.69) is 28.8 Å². The lowest BCUT2D eigenvalue weighted by Gasteiger charge is -2.23. The van der Waals surface area contributed by atoms with E-state index in [1.165, 1.54) is 42.5 Å². The SMILES string of the molecule is O=C(NCc1cccc2c1NCCC2)C1CCCCC1. The number of fused-ring (bicyclic) bond motifs is 1. The number of para-hydroxylation sites is 1. The Hall–Kier alpha value is -1.51. The fourth-order valence-corrected chi connectivity index (χ4v) is 3.42. The van der Waals surface area contributed by atoms with Crippen LogP contribution in [0.15, 0.2) is 18.2 Å². The number of carbonyl (C=O) groups is 1. The molecule has 3 rings (SSSR count). The van der Waals surface area contributed by atoms with Crippen LogP contribution in [0.5, 0.6) is 0 Å². The summed E-state index contributed by atoms with van der Waals surface area (Å²) in [5, 5.41) is 6.62. The minimum Gasteiger partial charge on any atom is -0.385 e. The van der Waals surface area contributed by atoms with Crippen LogP contribution < -0.4 is 10.6 Å². The molecule has 1 saturated carbocycles. The van der Waals surface area contributed by atoms with Crippen LogP contribution in [0.4, 0.5) is 5.69 Å². The van der Waals surface area contributed by atoms with Gasteiger partial charge in [0.05, 0.1) is 0 Å². The Balaban J connectivity index is 1.62. The molecule has 0 aromatic heterocycles. The smallest absolute Gasteiger partial charge is 0.223 e. The van der Waals surface area contributed by atoms with Crippen molar-refractivity contribution in [3.63, 3.8) is 0 Å². The molecule has 0 saturated heterocycles. The number of benzene rings is 1. The summed E-state index contributed by atoms with van der Waals surface area (Å²) in [6, 6.07) is 6.42. The van der Waals surface area contributed by atoms with Crippen molar-refractivity contribution in [3.05, 3.63) is 29.3 Å². The molecule has 1 heterocycles.